The number of esters is 1. The fourth-order valence-corrected chi connectivity index (χ4v) is 5.43. The first-order valence-electron chi connectivity index (χ1n) is 10.4. The molecule has 1 saturated heterocycles. The highest BCUT2D eigenvalue weighted by Crippen LogP contribution is 2.26. The van der Waals surface area contributed by atoms with Crippen molar-refractivity contribution in [2.75, 3.05) is 25.4 Å². The summed E-state index contributed by atoms with van der Waals surface area (Å²) >= 11 is 2.19. The lowest BCUT2D eigenvalue weighted by molar-refractivity contribution is -0.151. The van der Waals surface area contributed by atoms with Gasteiger partial charge in [0, 0.05) is 19.2 Å². The van der Waals surface area contributed by atoms with Crippen molar-refractivity contribution in [3.05, 3.63) is 51.6 Å². The van der Waals surface area contributed by atoms with Crippen molar-refractivity contribution in [3.8, 4) is 5.69 Å². The van der Waals surface area contributed by atoms with Gasteiger partial charge in [0.05, 0.1) is 29.5 Å². The van der Waals surface area contributed by atoms with Crippen LogP contribution in [-0.4, -0.2) is 51.8 Å². The number of likely N-dealkylation sites (tertiary alicyclic amines) is 1. The van der Waals surface area contributed by atoms with Crippen molar-refractivity contribution in [3.63, 3.8) is 0 Å². The zero-order valence-corrected chi connectivity index (χ0v) is 19.4. The SMILES string of the molecule is CCOC(=O)[C@@H]1CCCN(C(=O)CSc2nc3ccsc3c(=O)n2-c2cc(F)cc(F)c2)C1. The van der Waals surface area contributed by atoms with Crippen LogP contribution in [0.15, 0.2) is 39.6 Å². The number of carbonyl (C=O) groups excluding carboxylic acids is 2. The van der Waals surface area contributed by atoms with Crippen LogP contribution >= 0.6 is 23.1 Å². The summed E-state index contributed by atoms with van der Waals surface area (Å²) in [4.78, 5) is 44.1. The number of rotatable bonds is 6. The monoisotopic (exact) mass is 493 g/mol. The van der Waals surface area contributed by atoms with Gasteiger partial charge in [0.1, 0.15) is 16.3 Å². The second kappa shape index (κ2) is 10.0. The molecule has 0 saturated carbocycles. The maximum Gasteiger partial charge on any atom is 0.310 e. The molecule has 3 aromatic rings. The van der Waals surface area contributed by atoms with E-state index >= 15 is 0 Å². The molecule has 1 aromatic carbocycles. The average molecular weight is 494 g/mol. The molecule has 174 valence electrons. The highest BCUT2D eigenvalue weighted by molar-refractivity contribution is 7.99. The molecule has 1 amide bonds. The Morgan fingerprint density at radius 2 is 2.03 bits per heavy atom. The van der Waals surface area contributed by atoms with Crippen molar-refractivity contribution in [2.45, 2.75) is 24.9 Å². The van der Waals surface area contributed by atoms with Crippen molar-refractivity contribution in [2.24, 2.45) is 5.92 Å². The molecule has 7 nitrogen and oxygen atoms in total. The Kier molecular flexibility index (Phi) is 7.08. The van der Waals surface area contributed by atoms with Gasteiger partial charge in [-0.25, -0.2) is 13.8 Å². The Morgan fingerprint density at radius 3 is 2.76 bits per heavy atom. The van der Waals surface area contributed by atoms with E-state index in [0.717, 1.165) is 34.5 Å². The number of hydrogen-bond acceptors (Lipinski definition) is 7. The number of piperidine rings is 1. The molecule has 0 aliphatic carbocycles. The number of thiophene rings is 1. The van der Waals surface area contributed by atoms with Crippen LogP contribution in [-0.2, 0) is 14.3 Å². The van der Waals surface area contributed by atoms with Gasteiger partial charge in [-0.3, -0.25) is 19.0 Å². The molecule has 0 radical (unpaired) electrons. The average Bonchev–Trinajstić information content (AvgIpc) is 3.26. The third kappa shape index (κ3) is 5.09. The molecule has 1 aliphatic rings. The van der Waals surface area contributed by atoms with Crippen LogP contribution in [0.4, 0.5) is 8.78 Å². The fraction of sp³-hybridized carbons (Fsp3) is 0.364. The van der Waals surface area contributed by atoms with Crippen molar-refractivity contribution in [1.29, 1.82) is 0 Å². The van der Waals surface area contributed by atoms with Crippen LogP contribution in [0.1, 0.15) is 19.8 Å². The summed E-state index contributed by atoms with van der Waals surface area (Å²) in [6.45, 7) is 2.82. The van der Waals surface area contributed by atoms with Crippen LogP contribution in [0.3, 0.4) is 0 Å². The number of carbonyl (C=O) groups is 2. The Hall–Kier alpha value is -2.79. The molecule has 1 fully saturated rings. The molecular formula is C22H21F2N3O4S2. The summed E-state index contributed by atoms with van der Waals surface area (Å²) < 4.78 is 34.3. The molecule has 4 rings (SSSR count). The van der Waals surface area contributed by atoms with E-state index in [-0.39, 0.29) is 47.5 Å². The predicted octanol–water partition coefficient (Wildman–Crippen LogP) is 3.62. The molecule has 0 N–H and O–H groups in total. The van der Waals surface area contributed by atoms with E-state index in [2.05, 4.69) is 4.98 Å². The maximum absolute atomic E-state index is 13.9. The molecular weight excluding hydrogens is 472 g/mol. The summed E-state index contributed by atoms with van der Waals surface area (Å²) in [5.74, 6) is -2.58. The number of aromatic nitrogens is 2. The number of thioether (sulfide) groups is 1. The normalized spacial score (nSPS) is 16.2. The summed E-state index contributed by atoms with van der Waals surface area (Å²) in [7, 11) is 0. The smallest absolute Gasteiger partial charge is 0.310 e. The molecule has 0 bridgehead atoms. The van der Waals surface area contributed by atoms with Gasteiger partial charge in [-0.1, -0.05) is 11.8 Å². The number of hydrogen-bond donors (Lipinski definition) is 0. The number of fused-ring (bicyclic) bond motifs is 1. The summed E-state index contributed by atoms with van der Waals surface area (Å²) in [5.41, 5.74) is -0.0145. The minimum absolute atomic E-state index is 0.00408. The minimum atomic E-state index is -0.825. The van der Waals surface area contributed by atoms with Crippen molar-refractivity contribution in [1.82, 2.24) is 14.5 Å². The topological polar surface area (TPSA) is 81.5 Å². The molecule has 33 heavy (non-hydrogen) atoms. The van der Waals surface area contributed by atoms with Gasteiger partial charge < -0.3 is 9.64 Å². The van der Waals surface area contributed by atoms with Gasteiger partial charge in [-0.15, -0.1) is 11.3 Å². The quantitative estimate of drug-likeness (QED) is 0.296. The largest absolute Gasteiger partial charge is 0.466 e. The van der Waals surface area contributed by atoms with Gasteiger partial charge in [-0.05, 0) is 43.3 Å². The molecule has 0 spiro atoms. The first-order valence-corrected chi connectivity index (χ1v) is 12.3. The van der Waals surface area contributed by atoms with Crippen LogP contribution < -0.4 is 5.56 Å². The number of nitrogens with zero attached hydrogens (tertiary/aromatic N) is 3. The van der Waals surface area contributed by atoms with E-state index in [1.165, 1.54) is 11.3 Å². The molecule has 1 atom stereocenters. The lowest BCUT2D eigenvalue weighted by Gasteiger charge is -2.31. The highest BCUT2D eigenvalue weighted by Gasteiger charge is 2.29. The summed E-state index contributed by atoms with van der Waals surface area (Å²) in [5, 5.41) is 1.86. The second-order valence-electron chi connectivity index (χ2n) is 7.52. The number of halogens is 2. The zero-order valence-electron chi connectivity index (χ0n) is 17.8. The third-order valence-corrected chi connectivity index (χ3v) is 7.09. The second-order valence-corrected chi connectivity index (χ2v) is 9.38. The first kappa shape index (κ1) is 23.4. The van der Waals surface area contributed by atoms with E-state index in [0.29, 0.717) is 29.6 Å². The Morgan fingerprint density at radius 1 is 1.27 bits per heavy atom. The third-order valence-electron chi connectivity index (χ3n) is 5.27. The fourth-order valence-electron chi connectivity index (χ4n) is 3.76. The number of benzene rings is 1. The van der Waals surface area contributed by atoms with E-state index in [1.54, 1.807) is 23.3 Å². The van der Waals surface area contributed by atoms with E-state index in [9.17, 15) is 23.2 Å². The van der Waals surface area contributed by atoms with Gasteiger partial charge in [-0.2, -0.15) is 0 Å². The Labute approximate surface area is 196 Å². The summed E-state index contributed by atoms with van der Waals surface area (Å²) in [6, 6.07) is 4.49. The van der Waals surface area contributed by atoms with Gasteiger partial charge in [0.25, 0.3) is 5.56 Å². The lowest BCUT2D eigenvalue weighted by atomic mass is 9.98. The first-order chi connectivity index (χ1) is 15.9. The predicted molar refractivity (Wildman–Crippen MR) is 122 cm³/mol. The van der Waals surface area contributed by atoms with Gasteiger partial charge in [0.15, 0.2) is 5.16 Å². The zero-order chi connectivity index (χ0) is 23.5. The molecule has 11 heteroatoms. The standard InChI is InChI=1S/C22H21F2N3O4S2/c1-2-31-21(30)13-4-3-6-26(11-13)18(28)12-33-22-25-17-5-7-32-19(17)20(29)27(22)16-9-14(23)8-15(24)10-16/h5,7-10,13H,2-4,6,11-12H2,1H3/t13-/m1/s1. The maximum atomic E-state index is 13.9. The van der Waals surface area contributed by atoms with Crippen molar-refractivity contribution >= 4 is 45.2 Å². The lowest BCUT2D eigenvalue weighted by Crippen LogP contribution is -2.43. The van der Waals surface area contributed by atoms with Gasteiger partial charge >= 0.3 is 5.97 Å². The number of amides is 1. The van der Waals surface area contributed by atoms with Crippen LogP contribution in [0.2, 0.25) is 0 Å². The van der Waals surface area contributed by atoms with Crippen LogP contribution in [0.5, 0.6) is 0 Å². The molecule has 2 aromatic heterocycles. The molecule has 0 unspecified atom stereocenters. The Bertz CT molecular complexity index is 1240. The van der Waals surface area contributed by atoms with E-state index < -0.39 is 17.2 Å². The van der Waals surface area contributed by atoms with Gasteiger partial charge in [0.2, 0.25) is 5.91 Å². The van der Waals surface area contributed by atoms with E-state index in [4.69, 9.17) is 4.74 Å². The molecule has 3 heterocycles. The van der Waals surface area contributed by atoms with Crippen LogP contribution in [0.25, 0.3) is 15.9 Å². The number of ether oxygens (including phenoxy) is 1. The Balaban J connectivity index is 1.59. The molecule has 1 aliphatic heterocycles. The minimum Gasteiger partial charge on any atom is -0.466 e. The summed E-state index contributed by atoms with van der Waals surface area (Å²) in [6.07, 6.45) is 1.35. The van der Waals surface area contributed by atoms with Crippen LogP contribution in [0, 0.1) is 17.6 Å². The van der Waals surface area contributed by atoms with Crippen molar-refractivity contribution < 1.29 is 23.1 Å². The highest BCUT2D eigenvalue weighted by atomic mass is 32.2. The van der Waals surface area contributed by atoms with E-state index in [1.807, 2.05) is 0 Å².